The zero-order chi connectivity index (χ0) is 16.5. The van der Waals surface area contributed by atoms with Crippen molar-refractivity contribution in [2.45, 2.75) is 64.8 Å². The van der Waals surface area contributed by atoms with Crippen LogP contribution < -0.4 is 10.6 Å². The number of hydrogen-bond donors (Lipinski definition) is 2. The van der Waals surface area contributed by atoms with Gasteiger partial charge in [-0.25, -0.2) is 0 Å². The molecule has 0 spiro atoms. The van der Waals surface area contributed by atoms with E-state index in [4.69, 9.17) is 0 Å². The van der Waals surface area contributed by atoms with E-state index in [0.717, 1.165) is 30.5 Å². The topological polar surface area (TPSA) is 49.3 Å². The molecular formula is C19H33IN4. The second kappa shape index (κ2) is 11.7. The van der Waals surface area contributed by atoms with Gasteiger partial charge in [-0.15, -0.1) is 24.0 Å². The molecule has 1 aromatic rings. The summed E-state index contributed by atoms with van der Waals surface area (Å²) in [4.78, 5) is 8.70. The molecule has 1 aliphatic rings. The molecule has 0 aliphatic heterocycles. The van der Waals surface area contributed by atoms with Crippen molar-refractivity contribution in [2.75, 3.05) is 13.6 Å². The number of pyridine rings is 1. The van der Waals surface area contributed by atoms with Crippen LogP contribution in [0.2, 0.25) is 0 Å². The zero-order valence-corrected chi connectivity index (χ0v) is 17.7. The third-order valence-electron chi connectivity index (χ3n) is 4.79. The molecule has 1 fully saturated rings. The lowest BCUT2D eigenvalue weighted by Crippen LogP contribution is -2.45. The summed E-state index contributed by atoms with van der Waals surface area (Å²) in [6.07, 6.45) is 10.9. The van der Waals surface area contributed by atoms with Crippen molar-refractivity contribution in [1.82, 2.24) is 15.6 Å². The van der Waals surface area contributed by atoms with Gasteiger partial charge in [0.15, 0.2) is 5.96 Å². The third kappa shape index (κ3) is 7.36. The fraction of sp³-hybridized carbons (Fsp3) is 0.684. The molecule has 1 aromatic heterocycles. The molecule has 5 heteroatoms. The van der Waals surface area contributed by atoms with Crippen LogP contribution in [0.25, 0.3) is 0 Å². The number of aliphatic imine (C=N–C) groups is 1. The Balaban J connectivity index is 0.00000288. The van der Waals surface area contributed by atoms with Crippen LogP contribution in [0.3, 0.4) is 0 Å². The van der Waals surface area contributed by atoms with E-state index < -0.39 is 0 Å². The van der Waals surface area contributed by atoms with E-state index in [-0.39, 0.29) is 24.0 Å². The molecule has 0 saturated heterocycles. The van der Waals surface area contributed by atoms with Crippen molar-refractivity contribution in [3.8, 4) is 0 Å². The average molecular weight is 444 g/mol. The van der Waals surface area contributed by atoms with E-state index in [0.29, 0.717) is 6.04 Å². The Morgan fingerprint density at radius 2 is 2.00 bits per heavy atom. The number of hydrogen-bond acceptors (Lipinski definition) is 2. The average Bonchev–Trinajstić information content (AvgIpc) is 2.57. The van der Waals surface area contributed by atoms with Crippen molar-refractivity contribution in [3.05, 3.63) is 29.6 Å². The second-order valence-electron chi connectivity index (χ2n) is 6.71. The molecule has 2 N–H and O–H groups in total. The number of nitrogens with zero attached hydrogens (tertiary/aromatic N) is 2. The maximum absolute atomic E-state index is 4.36. The third-order valence-corrected chi connectivity index (χ3v) is 4.79. The van der Waals surface area contributed by atoms with E-state index in [1.54, 1.807) is 0 Å². The molecule has 0 radical (unpaired) electrons. The van der Waals surface area contributed by atoms with Crippen molar-refractivity contribution >= 4 is 29.9 Å². The van der Waals surface area contributed by atoms with Crippen LogP contribution in [0, 0.1) is 12.8 Å². The molecule has 24 heavy (non-hydrogen) atoms. The standard InChI is InChI=1S/C19H32N4.HI/c1-4-5-16-8-10-18(11-9-16)23-19(20-3)21-13-12-17-7-6-15(2)22-14-17;/h6-7,14,16,18H,4-5,8-13H2,1-3H3,(H2,20,21,23);1H. The first-order valence-corrected chi connectivity index (χ1v) is 9.10. The van der Waals surface area contributed by atoms with Crippen molar-refractivity contribution < 1.29 is 0 Å². The predicted molar refractivity (Wildman–Crippen MR) is 113 cm³/mol. The van der Waals surface area contributed by atoms with Crippen LogP contribution >= 0.6 is 24.0 Å². The largest absolute Gasteiger partial charge is 0.356 e. The van der Waals surface area contributed by atoms with Gasteiger partial charge in [-0.2, -0.15) is 0 Å². The molecule has 136 valence electrons. The number of aromatic nitrogens is 1. The highest BCUT2D eigenvalue weighted by Crippen LogP contribution is 2.27. The number of guanidine groups is 1. The first-order chi connectivity index (χ1) is 11.2. The fourth-order valence-corrected chi connectivity index (χ4v) is 3.36. The molecule has 0 atom stereocenters. The van der Waals surface area contributed by atoms with Crippen LogP contribution in [0.15, 0.2) is 23.3 Å². The summed E-state index contributed by atoms with van der Waals surface area (Å²) in [5.74, 6) is 1.88. The maximum atomic E-state index is 4.36. The Kier molecular flexibility index (Phi) is 10.3. The minimum Gasteiger partial charge on any atom is -0.356 e. The molecule has 1 heterocycles. The minimum atomic E-state index is 0. The predicted octanol–water partition coefficient (Wildman–Crippen LogP) is 4.07. The highest BCUT2D eigenvalue weighted by atomic mass is 127. The van der Waals surface area contributed by atoms with E-state index >= 15 is 0 Å². The van der Waals surface area contributed by atoms with Crippen LogP contribution in [0.5, 0.6) is 0 Å². The lowest BCUT2D eigenvalue weighted by molar-refractivity contribution is 0.295. The summed E-state index contributed by atoms with van der Waals surface area (Å²) in [5.41, 5.74) is 2.33. The van der Waals surface area contributed by atoms with Crippen LogP contribution in [0.4, 0.5) is 0 Å². The fourth-order valence-electron chi connectivity index (χ4n) is 3.36. The number of rotatable bonds is 6. The first kappa shape index (κ1) is 21.2. The van der Waals surface area contributed by atoms with Crippen LogP contribution in [-0.4, -0.2) is 30.6 Å². The molecular weight excluding hydrogens is 411 g/mol. The second-order valence-corrected chi connectivity index (χ2v) is 6.71. The van der Waals surface area contributed by atoms with E-state index in [2.05, 4.69) is 39.7 Å². The van der Waals surface area contributed by atoms with Crippen molar-refractivity contribution in [2.24, 2.45) is 10.9 Å². The van der Waals surface area contributed by atoms with Gasteiger partial charge < -0.3 is 10.6 Å². The van der Waals surface area contributed by atoms with Gasteiger partial charge in [-0.1, -0.05) is 25.8 Å². The molecule has 1 aliphatic carbocycles. The van der Waals surface area contributed by atoms with E-state index in [1.807, 2.05) is 20.2 Å². The number of halogens is 1. The Morgan fingerprint density at radius 3 is 2.58 bits per heavy atom. The van der Waals surface area contributed by atoms with Gasteiger partial charge in [-0.05, 0) is 56.6 Å². The van der Waals surface area contributed by atoms with Crippen LogP contribution in [0.1, 0.15) is 56.7 Å². The molecule has 0 bridgehead atoms. The quantitative estimate of drug-likeness (QED) is 0.395. The number of aryl methyl sites for hydroxylation is 1. The summed E-state index contributed by atoms with van der Waals surface area (Å²) in [6.45, 7) is 5.19. The molecule has 1 saturated carbocycles. The van der Waals surface area contributed by atoms with Gasteiger partial charge in [0.25, 0.3) is 0 Å². The van der Waals surface area contributed by atoms with Gasteiger partial charge in [0.1, 0.15) is 0 Å². The summed E-state index contributed by atoms with van der Waals surface area (Å²) < 4.78 is 0. The minimum absolute atomic E-state index is 0. The summed E-state index contributed by atoms with van der Waals surface area (Å²) in [7, 11) is 1.85. The lowest BCUT2D eigenvalue weighted by Gasteiger charge is -2.30. The molecule has 0 amide bonds. The van der Waals surface area contributed by atoms with Crippen molar-refractivity contribution in [1.29, 1.82) is 0 Å². The highest BCUT2D eigenvalue weighted by molar-refractivity contribution is 14.0. The van der Waals surface area contributed by atoms with Gasteiger partial charge in [-0.3, -0.25) is 9.98 Å². The Morgan fingerprint density at radius 1 is 1.25 bits per heavy atom. The summed E-state index contributed by atoms with van der Waals surface area (Å²) >= 11 is 0. The maximum Gasteiger partial charge on any atom is 0.191 e. The number of nitrogens with one attached hydrogen (secondary N) is 2. The summed E-state index contributed by atoms with van der Waals surface area (Å²) in [6, 6.07) is 4.79. The Labute approximate surface area is 164 Å². The zero-order valence-electron chi connectivity index (χ0n) is 15.3. The van der Waals surface area contributed by atoms with Crippen LogP contribution in [-0.2, 0) is 6.42 Å². The molecule has 2 rings (SSSR count). The van der Waals surface area contributed by atoms with Gasteiger partial charge in [0.2, 0.25) is 0 Å². The smallest absolute Gasteiger partial charge is 0.191 e. The molecule has 4 nitrogen and oxygen atoms in total. The lowest BCUT2D eigenvalue weighted by atomic mass is 9.83. The molecule has 0 unspecified atom stereocenters. The SMILES string of the molecule is CCCC1CCC(NC(=NC)NCCc2ccc(C)nc2)CC1.I. The summed E-state index contributed by atoms with van der Waals surface area (Å²) in [5, 5.41) is 7.01. The normalized spacial score (nSPS) is 21.0. The molecule has 0 aromatic carbocycles. The van der Waals surface area contributed by atoms with Gasteiger partial charge >= 0.3 is 0 Å². The van der Waals surface area contributed by atoms with Crippen molar-refractivity contribution in [3.63, 3.8) is 0 Å². The Hall–Kier alpha value is -0.850. The van der Waals surface area contributed by atoms with E-state index in [9.17, 15) is 0 Å². The monoisotopic (exact) mass is 444 g/mol. The first-order valence-electron chi connectivity index (χ1n) is 9.10. The van der Waals surface area contributed by atoms with E-state index in [1.165, 1.54) is 44.1 Å². The Bertz CT molecular complexity index is 479. The highest BCUT2D eigenvalue weighted by Gasteiger charge is 2.21. The van der Waals surface area contributed by atoms with Gasteiger partial charge in [0, 0.05) is 31.5 Å². The van der Waals surface area contributed by atoms with Gasteiger partial charge in [0.05, 0.1) is 0 Å².